The van der Waals surface area contributed by atoms with Crippen LogP contribution in [-0.4, -0.2) is 26.6 Å². The molecule has 1 aliphatic rings. The van der Waals surface area contributed by atoms with Gasteiger partial charge in [0.2, 0.25) is 5.91 Å². The molecule has 1 heterocycles. The number of hydrogen-bond acceptors (Lipinski definition) is 3. The zero-order chi connectivity index (χ0) is 10.6. The molecule has 1 N–H and O–H groups in total. The molecule has 0 saturated carbocycles. The fourth-order valence-corrected chi connectivity index (χ4v) is 2.66. The summed E-state index contributed by atoms with van der Waals surface area (Å²) < 4.78 is 22.0. The van der Waals surface area contributed by atoms with Crippen molar-refractivity contribution in [3.8, 4) is 0 Å². The first-order chi connectivity index (χ1) is 6.53. The summed E-state index contributed by atoms with van der Waals surface area (Å²) in [5.74, 6) is -0.268. The van der Waals surface area contributed by atoms with Crippen molar-refractivity contribution in [1.29, 1.82) is 0 Å². The maximum atomic E-state index is 11.2. The van der Waals surface area contributed by atoms with Gasteiger partial charge in [-0.15, -0.1) is 6.58 Å². The van der Waals surface area contributed by atoms with Gasteiger partial charge in [-0.25, -0.2) is 8.42 Å². The van der Waals surface area contributed by atoms with E-state index in [1.807, 2.05) is 0 Å². The number of allylic oxidation sites excluding steroid dienone is 1. The molecule has 5 heteroatoms. The van der Waals surface area contributed by atoms with Gasteiger partial charge in [0.05, 0.1) is 5.75 Å². The van der Waals surface area contributed by atoms with Crippen molar-refractivity contribution in [1.82, 2.24) is 5.32 Å². The molecular formula is C9H13NO3S. The van der Waals surface area contributed by atoms with E-state index in [0.717, 1.165) is 0 Å². The average molecular weight is 215 g/mol. The molecule has 1 unspecified atom stereocenters. The largest absolute Gasteiger partial charge is 0.353 e. The molecule has 0 aliphatic carbocycles. The van der Waals surface area contributed by atoms with Crippen molar-refractivity contribution in [2.45, 2.75) is 6.42 Å². The molecule has 78 valence electrons. The van der Waals surface area contributed by atoms with Gasteiger partial charge in [-0.05, 0) is 0 Å². The predicted octanol–water partition coefficient (Wildman–Crippen LogP) is 0.237. The van der Waals surface area contributed by atoms with E-state index in [9.17, 15) is 13.2 Å². The maximum absolute atomic E-state index is 11.2. The molecule has 0 fully saturated rings. The molecular weight excluding hydrogens is 202 g/mol. The van der Waals surface area contributed by atoms with Crippen molar-refractivity contribution >= 4 is 15.7 Å². The van der Waals surface area contributed by atoms with Crippen molar-refractivity contribution < 1.29 is 13.2 Å². The highest BCUT2D eigenvalue weighted by molar-refractivity contribution is 7.94. The van der Waals surface area contributed by atoms with E-state index in [1.54, 1.807) is 12.2 Å². The van der Waals surface area contributed by atoms with Crippen molar-refractivity contribution in [3.63, 3.8) is 0 Å². The van der Waals surface area contributed by atoms with Gasteiger partial charge in [0.15, 0.2) is 9.84 Å². The van der Waals surface area contributed by atoms with Crippen LogP contribution in [0.3, 0.4) is 0 Å². The number of rotatable bonds is 4. The lowest BCUT2D eigenvalue weighted by molar-refractivity contribution is -0.121. The minimum absolute atomic E-state index is 0.0501. The lowest BCUT2D eigenvalue weighted by Gasteiger charge is -2.05. The number of sulfone groups is 1. The van der Waals surface area contributed by atoms with Crippen LogP contribution < -0.4 is 5.32 Å². The van der Waals surface area contributed by atoms with Gasteiger partial charge in [0.25, 0.3) is 0 Å². The molecule has 0 aromatic heterocycles. The highest BCUT2D eigenvalue weighted by Gasteiger charge is 2.23. The van der Waals surface area contributed by atoms with Gasteiger partial charge in [-0.3, -0.25) is 4.79 Å². The summed E-state index contributed by atoms with van der Waals surface area (Å²) in [6.07, 6.45) is 3.38. The predicted molar refractivity (Wildman–Crippen MR) is 54.2 cm³/mol. The van der Waals surface area contributed by atoms with Gasteiger partial charge in [0, 0.05) is 24.3 Å². The number of carbonyl (C=O) groups excluding carboxylic acids is 1. The molecule has 1 rings (SSSR count). The first kappa shape index (κ1) is 11.0. The van der Waals surface area contributed by atoms with Crippen LogP contribution in [0.15, 0.2) is 24.1 Å². The first-order valence-electron chi connectivity index (χ1n) is 4.32. The normalized spacial score (nSPS) is 23.3. The lowest BCUT2D eigenvalue weighted by atomic mass is 10.1. The number of carbonyl (C=O) groups is 1. The lowest BCUT2D eigenvalue weighted by Crippen LogP contribution is -2.25. The van der Waals surface area contributed by atoms with E-state index < -0.39 is 9.84 Å². The molecule has 0 spiro atoms. The Morgan fingerprint density at radius 2 is 2.36 bits per heavy atom. The Kier molecular flexibility index (Phi) is 3.46. The standard InChI is InChI=1S/C9H13NO3S/c1-2-4-10-9(11)6-8-3-5-14(12,13)7-8/h2-3,5,8H,1,4,6-7H2,(H,10,11). The Balaban J connectivity index is 2.37. The quantitative estimate of drug-likeness (QED) is 0.683. The minimum atomic E-state index is -3.04. The second-order valence-electron chi connectivity index (χ2n) is 3.22. The van der Waals surface area contributed by atoms with Crippen LogP contribution in [0.25, 0.3) is 0 Å². The van der Waals surface area contributed by atoms with Gasteiger partial charge in [-0.1, -0.05) is 12.2 Å². The highest BCUT2D eigenvalue weighted by atomic mass is 32.2. The molecule has 0 aromatic rings. The number of hydrogen-bond donors (Lipinski definition) is 1. The number of nitrogens with one attached hydrogen (secondary N) is 1. The summed E-state index contributed by atoms with van der Waals surface area (Å²) in [5, 5.41) is 3.78. The fourth-order valence-electron chi connectivity index (χ4n) is 1.26. The maximum Gasteiger partial charge on any atom is 0.220 e. The minimum Gasteiger partial charge on any atom is -0.353 e. The third kappa shape index (κ3) is 3.33. The van der Waals surface area contributed by atoms with Crippen LogP contribution in [0.4, 0.5) is 0 Å². The molecule has 0 bridgehead atoms. The highest BCUT2D eigenvalue weighted by Crippen LogP contribution is 2.17. The molecule has 1 amide bonds. The molecule has 0 aromatic carbocycles. The second kappa shape index (κ2) is 4.41. The van der Waals surface area contributed by atoms with Crippen LogP contribution in [0, 0.1) is 5.92 Å². The molecule has 0 radical (unpaired) electrons. The second-order valence-corrected chi connectivity index (χ2v) is 5.15. The fraction of sp³-hybridized carbons (Fsp3) is 0.444. The third-order valence-corrected chi connectivity index (χ3v) is 3.36. The van der Waals surface area contributed by atoms with Crippen LogP contribution in [0.2, 0.25) is 0 Å². The van der Waals surface area contributed by atoms with Crippen LogP contribution in [0.1, 0.15) is 6.42 Å². The summed E-state index contributed by atoms with van der Waals surface area (Å²) in [4.78, 5) is 11.2. The Morgan fingerprint density at radius 1 is 1.64 bits per heavy atom. The average Bonchev–Trinajstić information content (AvgIpc) is 2.42. The SMILES string of the molecule is C=CCNC(=O)CC1C=CS(=O)(=O)C1. The summed E-state index contributed by atoms with van der Waals surface area (Å²) >= 11 is 0. The molecule has 14 heavy (non-hydrogen) atoms. The van der Waals surface area contributed by atoms with Crippen molar-refractivity contribution in [2.75, 3.05) is 12.3 Å². The third-order valence-electron chi connectivity index (χ3n) is 1.90. The summed E-state index contributed by atoms with van der Waals surface area (Å²) in [6.45, 7) is 3.88. The molecule has 1 atom stereocenters. The van der Waals surface area contributed by atoms with Gasteiger partial charge < -0.3 is 5.32 Å². The van der Waals surface area contributed by atoms with E-state index in [1.165, 1.54) is 5.41 Å². The smallest absolute Gasteiger partial charge is 0.220 e. The summed E-state index contributed by atoms with van der Waals surface area (Å²) in [7, 11) is -3.04. The Hall–Kier alpha value is -1.10. The zero-order valence-electron chi connectivity index (χ0n) is 7.77. The van der Waals surface area contributed by atoms with Gasteiger partial charge >= 0.3 is 0 Å². The molecule has 1 aliphatic heterocycles. The van der Waals surface area contributed by atoms with Crippen LogP contribution in [0.5, 0.6) is 0 Å². The van der Waals surface area contributed by atoms with Crippen LogP contribution >= 0.6 is 0 Å². The van der Waals surface area contributed by atoms with E-state index >= 15 is 0 Å². The topological polar surface area (TPSA) is 63.2 Å². The van der Waals surface area contributed by atoms with Gasteiger partial charge in [-0.2, -0.15) is 0 Å². The number of amides is 1. The molecule has 0 saturated heterocycles. The Morgan fingerprint density at radius 3 is 2.86 bits per heavy atom. The Bertz CT molecular complexity index is 356. The van der Waals surface area contributed by atoms with Crippen molar-refractivity contribution in [3.05, 3.63) is 24.1 Å². The molecule has 4 nitrogen and oxygen atoms in total. The first-order valence-corrected chi connectivity index (χ1v) is 6.03. The Labute approximate surface area is 83.6 Å². The zero-order valence-corrected chi connectivity index (χ0v) is 8.59. The van der Waals surface area contributed by atoms with E-state index in [4.69, 9.17) is 0 Å². The van der Waals surface area contributed by atoms with Crippen molar-refractivity contribution in [2.24, 2.45) is 5.92 Å². The van der Waals surface area contributed by atoms with E-state index in [0.29, 0.717) is 6.54 Å². The van der Waals surface area contributed by atoms with Crippen LogP contribution in [-0.2, 0) is 14.6 Å². The summed E-state index contributed by atoms with van der Waals surface area (Å²) in [6, 6.07) is 0. The van der Waals surface area contributed by atoms with E-state index in [-0.39, 0.29) is 24.0 Å². The van der Waals surface area contributed by atoms with E-state index in [2.05, 4.69) is 11.9 Å². The summed E-state index contributed by atoms with van der Waals surface area (Å²) in [5.41, 5.74) is 0. The monoisotopic (exact) mass is 215 g/mol. The van der Waals surface area contributed by atoms with Gasteiger partial charge in [0.1, 0.15) is 0 Å².